The first kappa shape index (κ1) is 23.4. The number of ether oxygens (including phenoxy) is 1. The van der Waals surface area contributed by atoms with Crippen LogP contribution in [0.4, 0.5) is 10.1 Å². The first-order valence-corrected chi connectivity index (χ1v) is 12.0. The molecule has 0 bridgehead atoms. The lowest BCUT2D eigenvalue weighted by molar-refractivity contribution is -0.130. The van der Waals surface area contributed by atoms with Crippen molar-refractivity contribution >= 4 is 27.3 Å². The number of amides is 1. The van der Waals surface area contributed by atoms with E-state index in [1.807, 2.05) is 24.3 Å². The van der Waals surface area contributed by atoms with Gasteiger partial charge in [-0.1, -0.05) is 24.3 Å². The number of anilines is 1. The molecule has 1 atom stereocenters. The van der Waals surface area contributed by atoms with Gasteiger partial charge in [-0.2, -0.15) is 5.10 Å². The van der Waals surface area contributed by atoms with Gasteiger partial charge in [0.1, 0.15) is 11.6 Å². The molecule has 1 amide bonds. The van der Waals surface area contributed by atoms with Crippen molar-refractivity contribution in [3.63, 3.8) is 0 Å². The third-order valence-electron chi connectivity index (χ3n) is 5.77. The van der Waals surface area contributed by atoms with Crippen molar-refractivity contribution in [3.05, 3.63) is 89.7 Å². The number of methoxy groups -OCH3 is 1. The Bertz CT molecular complexity index is 1320. The molecule has 3 aromatic carbocycles. The molecule has 1 aliphatic rings. The van der Waals surface area contributed by atoms with Crippen LogP contribution < -0.4 is 9.04 Å². The van der Waals surface area contributed by atoms with E-state index in [2.05, 4.69) is 5.10 Å². The van der Waals surface area contributed by atoms with Gasteiger partial charge in [0.15, 0.2) is 0 Å². The minimum Gasteiger partial charge on any atom is -0.497 e. The summed E-state index contributed by atoms with van der Waals surface area (Å²) in [4.78, 5) is 12.2. The lowest BCUT2D eigenvalue weighted by atomic mass is 9.98. The Hall–Kier alpha value is -3.72. The second-order valence-electron chi connectivity index (χ2n) is 7.88. The van der Waals surface area contributed by atoms with Crippen LogP contribution in [0.5, 0.6) is 5.75 Å². The molecule has 34 heavy (non-hydrogen) atoms. The first-order valence-electron chi connectivity index (χ1n) is 10.6. The van der Waals surface area contributed by atoms with Crippen molar-refractivity contribution in [2.75, 3.05) is 18.5 Å². The summed E-state index contributed by atoms with van der Waals surface area (Å²) in [5.41, 5.74) is 2.91. The smallest absolute Gasteiger partial charge is 0.264 e. The molecule has 9 heteroatoms. The van der Waals surface area contributed by atoms with Crippen LogP contribution in [-0.4, -0.2) is 39.2 Å². The highest BCUT2D eigenvalue weighted by molar-refractivity contribution is 7.92. The molecule has 0 fully saturated rings. The lowest BCUT2D eigenvalue weighted by Crippen LogP contribution is -2.26. The van der Waals surface area contributed by atoms with E-state index in [1.165, 1.54) is 31.1 Å². The maximum absolute atomic E-state index is 13.2. The summed E-state index contributed by atoms with van der Waals surface area (Å²) in [6.45, 7) is 1.47. The van der Waals surface area contributed by atoms with Gasteiger partial charge in [-0.05, 0) is 59.7 Å². The second kappa shape index (κ2) is 9.26. The third kappa shape index (κ3) is 4.51. The van der Waals surface area contributed by atoms with Gasteiger partial charge < -0.3 is 4.74 Å². The number of benzene rings is 3. The molecule has 3 aromatic rings. The molecular formula is C25H24FN3O4S. The van der Waals surface area contributed by atoms with Gasteiger partial charge in [-0.3, -0.25) is 9.10 Å². The van der Waals surface area contributed by atoms with Crippen LogP contribution in [0.2, 0.25) is 0 Å². The number of sulfonamides is 1. The average molecular weight is 482 g/mol. The summed E-state index contributed by atoms with van der Waals surface area (Å²) in [5, 5.41) is 6.01. The van der Waals surface area contributed by atoms with E-state index in [0.717, 1.165) is 39.0 Å². The Morgan fingerprint density at radius 3 is 2.21 bits per heavy atom. The van der Waals surface area contributed by atoms with Crippen LogP contribution in [0.3, 0.4) is 0 Å². The number of hydrogen-bond acceptors (Lipinski definition) is 5. The molecule has 0 aromatic heterocycles. The summed E-state index contributed by atoms with van der Waals surface area (Å²) < 4.78 is 45.3. The van der Waals surface area contributed by atoms with Crippen molar-refractivity contribution in [1.29, 1.82) is 0 Å². The molecule has 0 N–H and O–H groups in total. The van der Waals surface area contributed by atoms with Gasteiger partial charge in [0.05, 0.1) is 29.4 Å². The molecule has 1 aliphatic heterocycles. The van der Waals surface area contributed by atoms with Gasteiger partial charge in [0, 0.05) is 20.4 Å². The quantitative estimate of drug-likeness (QED) is 0.524. The molecule has 0 spiro atoms. The van der Waals surface area contributed by atoms with Gasteiger partial charge in [0.2, 0.25) is 5.91 Å². The maximum atomic E-state index is 13.2. The van der Waals surface area contributed by atoms with E-state index in [1.54, 1.807) is 31.4 Å². The number of rotatable bonds is 6. The molecular weight excluding hydrogens is 457 g/mol. The van der Waals surface area contributed by atoms with Crippen LogP contribution in [0.15, 0.2) is 82.8 Å². The molecule has 4 rings (SSSR count). The Balaban J connectivity index is 1.56. The minimum absolute atomic E-state index is 0.0000721. The molecule has 1 unspecified atom stereocenters. The fraction of sp³-hybridized carbons (Fsp3) is 0.200. The Labute approximate surface area is 198 Å². The zero-order valence-electron chi connectivity index (χ0n) is 19.0. The summed E-state index contributed by atoms with van der Waals surface area (Å²) in [6.07, 6.45) is 0.523. The van der Waals surface area contributed by atoms with E-state index in [0.29, 0.717) is 12.1 Å². The molecule has 176 valence electrons. The summed E-state index contributed by atoms with van der Waals surface area (Å²) >= 11 is 0. The Morgan fingerprint density at radius 1 is 1.03 bits per heavy atom. The largest absolute Gasteiger partial charge is 0.497 e. The van der Waals surface area contributed by atoms with Gasteiger partial charge >= 0.3 is 0 Å². The number of hydrogen-bond donors (Lipinski definition) is 0. The SMILES string of the molecule is COc1ccc(C2CC(c3ccc(N(C)S(=O)(=O)c4ccc(F)cc4)cc3)=NN2C(C)=O)cc1. The van der Waals surface area contributed by atoms with Crippen LogP contribution in [-0.2, 0) is 14.8 Å². The number of halogens is 1. The van der Waals surface area contributed by atoms with Crippen molar-refractivity contribution in [2.45, 2.75) is 24.3 Å². The number of hydrazone groups is 1. The monoisotopic (exact) mass is 481 g/mol. The highest BCUT2D eigenvalue weighted by atomic mass is 32.2. The third-order valence-corrected chi connectivity index (χ3v) is 7.57. The predicted octanol–water partition coefficient (Wildman–Crippen LogP) is 4.36. The van der Waals surface area contributed by atoms with Gasteiger partial charge in [0.25, 0.3) is 10.0 Å². The highest BCUT2D eigenvalue weighted by Gasteiger charge is 2.31. The van der Waals surface area contributed by atoms with E-state index in [4.69, 9.17) is 4.74 Å². The number of carbonyl (C=O) groups excluding carboxylic acids is 1. The fourth-order valence-electron chi connectivity index (χ4n) is 3.83. The van der Waals surface area contributed by atoms with Crippen LogP contribution >= 0.6 is 0 Å². The van der Waals surface area contributed by atoms with Crippen molar-refractivity contribution in [1.82, 2.24) is 5.01 Å². The predicted molar refractivity (Wildman–Crippen MR) is 128 cm³/mol. The molecule has 1 heterocycles. The summed E-state index contributed by atoms with van der Waals surface area (Å²) in [5.74, 6) is 0.0565. The van der Waals surface area contributed by atoms with E-state index >= 15 is 0 Å². The lowest BCUT2D eigenvalue weighted by Gasteiger charge is -2.20. The van der Waals surface area contributed by atoms with Crippen molar-refractivity contribution < 1.29 is 22.3 Å². The first-order chi connectivity index (χ1) is 16.2. The van der Waals surface area contributed by atoms with E-state index in [9.17, 15) is 17.6 Å². The van der Waals surface area contributed by atoms with Crippen LogP contribution in [0.25, 0.3) is 0 Å². The zero-order chi connectivity index (χ0) is 24.5. The topological polar surface area (TPSA) is 79.3 Å². The van der Waals surface area contributed by atoms with E-state index in [-0.39, 0.29) is 16.8 Å². The van der Waals surface area contributed by atoms with Crippen molar-refractivity contribution in [3.8, 4) is 5.75 Å². The molecule has 0 saturated heterocycles. The zero-order valence-corrected chi connectivity index (χ0v) is 19.8. The number of nitrogens with zero attached hydrogens (tertiary/aromatic N) is 3. The minimum atomic E-state index is -3.84. The normalized spacial score (nSPS) is 15.7. The maximum Gasteiger partial charge on any atom is 0.264 e. The van der Waals surface area contributed by atoms with Crippen LogP contribution in [0.1, 0.15) is 30.5 Å². The van der Waals surface area contributed by atoms with Crippen LogP contribution in [0, 0.1) is 5.82 Å². The Kier molecular flexibility index (Phi) is 6.39. The standard InChI is InChI=1S/C25H24FN3O4S/c1-17(30)29-25(19-6-12-22(33-3)13-7-19)16-24(27-29)18-4-10-21(11-5-18)28(2)34(31,32)23-14-8-20(26)9-15-23/h4-15,25H,16H2,1-3H3. The summed E-state index contributed by atoms with van der Waals surface area (Å²) in [7, 11) is -0.799. The van der Waals surface area contributed by atoms with Gasteiger partial charge in [-0.15, -0.1) is 0 Å². The number of carbonyl (C=O) groups is 1. The molecule has 0 aliphatic carbocycles. The summed E-state index contributed by atoms with van der Waals surface area (Å²) in [6, 6.07) is 18.9. The molecule has 0 radical (unpaired) electrons. The Morgan fingerprint density at radius 2 is 1.65 bits per heavy atom. The fourth-order valence-corrected chi connectivity index (χ4v) is 5.02. The van der Waals surface area contributed by atoms with E-state index < -0.39 is 15.8 Å². The molecule has 0 saturated carbocycles. The second-order valence-corrected chi connectivity index (χ2v) is 9.85. The van der Waals surface area contributed by atoms with Crippen molar-refractivity contribution in [2.24, 2.45) is 5.10 Å². The highest BCUT2D eigenvalue weighted by Crippen LogP contribution is 2.34. The van der Waals surface area contributed by atoms with Gasteiger partial charge in [-0.25, -0.2) is 17.8 Å². The molecule has 7 nitrogen and oxygen atoms in total. The average Bonchev–Trinajstić information content (AvgIpc) is 3.30.